The van der Waals surface area contributed by atoms with Crippen molar-refractivity contribution in [3.8, 4) is 0 Å². The number of piperazine rings is 1. The van der Waals surface area contributed by atoms with Crippen molar-refractivity contribution in [1.29, 1.82) is 0 Å². The molecule has 1 aromatic carbocycles. The minimum atomic E-state index is 0. The van der Waals surface area contributed by atoms with Crippen LogP contribution in [-0.4, -0.2) is 72.5 Å². The fourth-order valence-corrected chi connectivity index (χ4v) is 4.25. The zero-order valence-electron chi connectivity index (χ0n) is 15.3. The highest BCUT2D eigenvalue weighted by atomic mass is 35.5. The van der Waals surface area contributed by atoms with Gasteiger partial charge in [-0.2, -0.15) is 11.8 Å². The van der Waals surface area contributed by atoms with Gasteiger partial charge in [-0.3, -0.25) is 14.6 Å². The van der Waals surface area contributed by atoms with E-state index in [4.69, 9.17) is 0 Å². The summed E-state index contributed by atoms with van der Waals surface area (Å²) < 4.78 is 0. The molecular weight excluding hydrogens is 391 g/mol. The van der Waals surface area contributed by atoms with Crippen LogP contribution < -0.4 is 10.6 Å². The molecule has 2 heterocycles. The van der Waals surface area contributed by atoms with Gasteiger partial charge in [-0.1, -0.05) is 12.1 Å². The Balaban J connectivity index is 0.00000169. The molecule has 0 saturated carbocycles. The average Bonchev–Trinajstić information content (AvgIpc) is 2.58. The number of amides is 1. The van der Waals surface area contributed by atoms with Gasteiger partial charge in [-0.15, -0.1) is 24.8 Å². The van der Waals surface area contributed by atoms with Gasteiger partial charge in [0.15, 0.2) is 0 Å². The number of nitrogens with one attached hydrogen (secondary N) is 2. The molecule has 2 fully saturated rings. The van der Waals surface area contributed by atoms with Crippen LogP contribution in [0.15, 0.2) is 24.3 Å². The second kappa shape index (κ2) is 12.1. The molecule has 1 atom stereocenters. The van der Waals surface area contributed by atoms with Gasteiger partial charge in [0.1, 0.15) is 0 Å². The van der Waals surface area contributed by atoms with E-state index in [1.807, 2.05) is 23.9 Å². The Bertz CT molecular complexity index is 558. The first kappa shape index (κ1) is 23.5. The number of halogens is 2. The summed E-state index contributed by atoms with van der Waals surface area (Å²) in [5.41, 5.74) is 2.18. The Morgan fingerprint density at radius 2 is 2.04 bits per heavy atom. The summed E-state index contributed by atoms with van der Waals surface area (Å²) in [6.45, 7) is 8.76. The number of anilines is 1. The minimum absolute atomic E-state index is 0. The molecule has 0 aromatic heterocycles. The summed E-state index contributed by atoms with van der Waals surface area (Å²) in [6, 6.07) is 8.69. The summed E-state index contributed by atoms with van der Waals surface area (Å²) in [4.78, 5) is 17.1. The van der Waals surface area contributed by atoms with Gasteiger partial charge in [-0.05, 0) is 24.6 Å². The maximum atomic E-state index is 12.3. The number of nitrogens with zero attached hydrogens (tertiary/aromatic N) is 2. The second-order valence-electron chi connectivity index (χ2n) is 6.66. The van der Waals surface area contributed by atoms with E-state index in [0.717, 1.165) is 45.0 Å². The summed E-state index contributed by atoms with van der Waals surface area (Å²) >= 11 is 2.03. The molecule has 148 valence electrons. The lowest BCUT2D eigenvalue weighted by atomic mass is 10.2. The highest BCUT2D eigenvalue weighted by molar-refractivity contribution is 7.99. The third-order valence-corrected chi connectivity index (χ3v) is 5.65. The number of hydrogen-bond acceptors (Lipinski definition) is 5. The van der Waals surface area contributed by atoms with Crippen molar-refractivity contribution in [2.24, 2.45) is 0 Å². The van der Waals surface area contributed by atoms with E-state index in [-0.39, 0.29) is 30.7 Å². The van der Waals surface area contributed by atoms with E-state index in [9.17, 15) is 4.79 Å². The normalized spacial score (nSPS) is 21.3. The van der Waals surface area contributed by atoms with Crippen LogP contribution in [0.5, 0.6) is 0 Å². The lowest BCUT2D eigenvalue weighted by Crippen LogP contribution is -2.51. The van der Waals surface area contributed by atoms with Crippen LogP contribution in [-0.2, 0) is 11.3 Å². The van der Waals surface area contributed by atoms with Gasteiger partial charge in [0.2, 0.25) is 5.91 Å². The standard InChI is InChI=1S/C18H28N4OS.2ClH/c1-15-12-19-5-6-22(15)14-18(23)20-17-4-2-3-16(11-17)13-21-7-9-24-10-8-21;;/h2-4,11,15,19H,5-10,12-14H2,1H3,(H,20,23);2*1H/t15-;;/m1../s1. The molecule has 0 bridgehead atoms. The van der Waals surface area contributed by atoms with Crippen LogP contribution in [0.4, 0.5) is 5.69 Å². The average molecular weight is 421 g/mol. The maximum Gasteiger partial charge on any atom is 0.238 e. The Hall–Kier alpha value is -0.500. The zero-order chi connectivity index (χ0) is 16.8. The number of carbonyl (C=O) groups excluding carboxylic acids is 1. The third-order valence-electron chi connectivity index (χ3n) is 4.71. The molecule has 2 N–H and O–H groups in total. The predicted molar refractivity (Wildman–Crippen MR) is 116 cm³/mol. The monoisotopic (exact) mass is 420 g/mol. The first-order valence-electron chi connectivity index (χ1n) is 8.84. The van der Waals surface area contributed by atoms with E-state index in [1.165, 1.54) is 17.1 Å². The molecule has 5 nitrogen and oxygen atoms in total. The quantitative estimate of drug-likeness (QED) is 0.764. The van der Waals surface area contributed by atoms with Crippen LogP contribution >= 0.6 is 36.6 Å². The molecule has 2 saturated heterocycles. The molecule has 0 radical (unpaired) electrons. The van der Waals surface area contributed by atoms with Gasteiger partial charge in [-0.25, -0.2) is 0 Å². The highest BCUT2D eigenvalue weighted by Crippen LogP contribution is 2.16. The van der Waals surface area contributed by atoms with Crippen molar-refractivity contribution in [2.75, 3.05) is 56.1 Å². The van der Waals surface area contributed by atoms with Crippen LogP contribution in [0.1, 0.15) is 12.5 Å². The molecule has 0 spiro atoms. The number of thioether (sulfide) groups is 1. The number of carbonyl (C=O) groups is 1. The van der Waals surface area contributed by atoms with Gasteiger partial charge in [0.05, 0.1) is 6.54 Å². The van der Waals surface area contributed by atoms with E-state index < -0.39 is 0 Å². The SMILES string of the molecule is C[C@@H]1CNCCN1CC(=O)Nc1cccc(CN2CCSCC2)c1.Cl.Cl. The van der Waals surface area contributed by atoms with Gasteiger partial charge < -0.3 is 10.6 Å². The lowest BCUT2D eigenvalue weighted by molar-refractivity contribution is -0.118. The minimum Gasteiger partial charge on any atom is -0.325 e. The van der Waals surface area contributed by atoms with Crippen LogP contribution in [0.3, 0.4) is 0 Å². The highest BCUT2D eigenvalue weighted by Gasteiger charge is 2.20. The van der Waals surface area contributed by atoms with Crippen molar-refractivity contribution in [1.82, 2.24) is 15.1 Å². The first-order valence-corrected chi connectivity index (χ1v) is 10.00. The summed E-state index contributed by atoms with van der Waals surface area (Å²) in [5.74, 6) is 2.52. The maximum absolute atomic E-state index is 12.3. The Labute approximate surface area is 173 Å². The molecule has 0 unspecified atom stereocenters. The number of rotatable bonds is 5. The molecule has 1 aromatic rings. The van der Waals surface area contributed by atoms with Crippen LogP contribution in [0, 0.1) is 0 Å². The fourth-order valence-electron chi connectivity index (χ4n) is 3.27. The zero-order valence-corrected chi connectivity index (χ0v) is 17.7. The second-order valence-corrected chi connectivity index (χ2v) is 7.89. The summed E-state index contributed by atoms with van der Waals surface area (Å²) in [7, 11) is 0. The fraction of sp³-hybridized carbons (Fsp3) is 0.611. The van der Waals surface area contributed by atoms with Crippen molar-refractivity contribution < 1.29 is 4.79 Å². The molecule has 0 aliphatic carbocycles. The van der Waals surface area contributed by atoms with E-state index in [1.54, 1.807) is 0 Å². The van der Waals surface area contributed by atoms with Crippen LogP contribution in [0.25, 0.3) is 0 Å². The van der Waals surface area contributed by atoms with Crippen molar-refractivity contribution >= 4 is 48.2 Å². The largest absolute Gasteiger partial charge is 0.325 e. The Kier molecular flexibility index (Phi) is 10.9. The molecular formula is C18H30Cl2N4OS. The summed E-state index contributed by atoms with van der Waals surface area (Å²) in [6.07, 6.45) is 0. The molecule has 2 aliphatic heterocycles. The van der Waals surface area contributed by atoms with Crippen molar-refractivity contribution in [3.05, 3.63) is 29.8 Å². The van der Waals surface area contributed by atoms with Gasteiger partial charge in [0, 0.05) is 62.5 Å². The third kappa shape index (κ3) is 7.25. The Morgan fingerprint density at radius 3 is 2.77 bits per heavy atom. The van der Waals surface area contributed by atoms with E-state index in [0.29, 0.717) is 12.6 Å². The van der Waals surface area contributed by atoms with Gasteiger partial charge >= 0.3 is 0 Å². The van der Waals surface area contributed by atoms with Crippen LogP contribution in [0.2, 0.25) is 0 Å². The topological polar surface area (TPSA) is 47.6 Å². The smallest absolute Gasteiger partial charge is 0.238 e. The van der Waals surface area contributed by atoms with E-state index in [2.05, 4.69) is 39.5 Å². The molecule has 3 rings (SSSR count). The summed E-state index contributed by atoms with van der Waals surface area (Å²) in [5, 5.41) is 6.42. The Morgan fingerprint density at radius 1 is 1.27 bits per heavy atom. The number of hydrogen-bond donors (Lipinski definition) is 2. The molecule has 2 aliphatic rings. The lowest BCUT2D eigenvalue weighted by Gasteiger charge is -2.33. The molecule has 26 heavy (non-hydrogen) atoms. The van der Waals surface area contributed by atoms with Gasteiger partial charge in [0.25, 0.3) is 0 Å². The van der Waals surface area contributed by atoms with Crippen molar-refractivity contribution in [2.45, 2.75) is 19.5 Å². The van der Waals surface area contributed by atoms with Crippen molar-refractivity contribution in [3.63, 3.8) is 0 Å². The molecule has 1 amide bonds. The first-order chi connectivity index (χ1) is 11.7. The van der Waals surface area contributed by atoms with E-state index >= 15 is 0 Å². The predicted octanol–water partition coefficient (Wildman–Crippen LogP) is 2.31. The molecule has 8 heteroatoms. The number of benzene rings is 1.